The van der Waals surface area contributed by atoms with Crippen LogP contribution < -0.4 is 5.56 Å². The zero-order valence-corrected chi connectivity index (χ0v) is 15.3. The lowest BCUT2D eigenvalue weighted by Gasteiger charge is -2.14. The molecule has 144 valence electrons. The molecule has 2 aliphatic rings. The summed E-state index contributed by atoms with van der Waals surface area (Å²) in [5, 5.41) is 0. The van der Waals surface area contributed by atoms with E-state index in [0.29, 0.717) is 24.2 Å². The number of pyridine rings is 1. The number of likely N-dealkylation sites (tertiary alicyclic amines) is 1. The molecule has 8 heteroatoms. The summed E-state index contributed by atoms with van der Waals surface area (Å²) < 4.78 is 6.57. The minimum atomic E-state index is -0.709. The van der Waals surface area contributed by atoms with Crippen molar-refractivity contribution < 1.29 is 19.1 Å². The third-order valence-corrected chi connectivity index (χ3v) is 5.13. The highest BCUT2D eigenvalue weighted by Crippen LogP contribution is 2.34. The number of nitrogens with zero attached hydrogens (tertiary/aromatic N) is 3. The van der Waals surface area contributed by atoms with Crippen molar-refractivity contribution in [2.24, 2.45) is 11.8 Å². The van der Waals surface area contributed by atoms with Crippen LogP contribution in [0.4, 0.5) is 0 Å². The predicted octanol–water partition coefficient (Wildman–Crippen LogP) is 0.997. The first-order valence-corrected chi connectivity index (χ1v) is 9.09. The number of hydrogen-bond donors (Lipinski definition) is 0. The smallest absolute Gasteiger partial charge is 0.326 e. The van der Waals surface area contributed by atoms with Crippen LogP contribution in [0.2, 0.25) is 0 Å². The second-order valence-corrected chi connectivity index (χ2v) is 7.10. The normalized spacial score (nSPS) is 21.2. The lowest BCUT2D eigenvalue weighted by molar-refractivity contribution is -0.153. The Morgan fingerprint density at radius 3 is 2.50 bits per heavy atom. The lowest BCUT2D eigenvalue weighted by atomic mass is 9.85. The molecule has 3 heterocycles. The Bertz CT molecular complexity index is 1050. The van der Waals surface area contributed by atoms with Crippen LogP contribution in [-0.2, 0) is 25.7 Å². The van der Waals surface area contributed by atoms with Gasteiger partial charge in [0.15, 0.2) is 0 Å². The Labute approximate surface area is 160 Å². The van der Waals surface area contributed by atoms with Crippen molar-refractivity contribution in [3.8, 4) is 0 Å². The van der Waals surface area contributed by atoms with Gasteiger partial charge in [-0.1, -0.05) is 18.2 Å². The van der Waals surface area contributed by atoms with Crippen LogP contribution in [0, 0.1) is 18.8 Å². The Morgan fingerprint density at radius 1 is 1.14 bits per heavy atom. The maximum Gasteiger partial charge on any atom is 0.326 e. The Hall–Kier alpha value is -3.29. The molecule has 0 aromatic carbocycles. The highest BCUT2D eigenvalue weighted by Gasteiger charge is 2.47. The minimum absolute atomic E-state index is 0.205. The molecular formula is C20H19N3O5. The van der Waals surface area contributed by atoms with Gasteiger partial charge < -0.3 is 4.74 Å². The number of amides is 2. The largest absolute Gasteiger partial charge is 0.458 e. The third-order valence-electron chi connectivity index (χ3n) is 5.13. The van der Waals surface area contributed by atoms with Crippen LogP contribution in [0.15, 0.2) is 41.3 Å². The van der Waals surface area contributed by atoms with Crippen molar-refractivity contribution in [2.45, 2.75) is 26.4 Å². The summed E-state index contributed by atoms with van der Waals surface area (Å²) in [6.45, 7) is 1.24. The molecule has 2 aromatic rings. The van der Waals surface area contributed by atoms with Gasteiger partial charge >= 0.3 is 5.97 Å². The Kier molecular flexibility index (Phi) is 4.54. The van der Waals surface area contributed by atoms with Crippen LogP contribution in [0.3, 0.4) is 0 Å². The van der Waals surface area contributed by atoms with E-state index >= 15 is 0 Å². The fourth-order valence-corrected chi connectivity index (χ4v) is 3.69. The van der Waals surface area contributed by atoms with E-state index in [9.17, 15) is 19.2 Å². The summed E-state index contributed by atoms with van der Waals surface area (Å²) in [5.74, 6) is -2.12. The molecule has 1 saturated heterocycles. The average molecular weight is 381 g/mol. The van der Waals surface area contributed by atoms with Gasteiger partial charge in [0.25, 0.3) is 5.56 Å². The molecule has 0 bridgehead atoms. The van der Waals surface area contributed by atoms with Crippen molar-refractivity contribution in [3.05, 3.63) is 58.2 Å². The molecule has 1 aliphatic heterocycles. The van der Waals surface area contributed by atoms with Crippen molar-refractivity contribution in [2.75, 3.05) is 6.54 Å². The molecule has 4 rings (SSSR count). The summed E-state index contributed by atoms with van der Waals surface area (Å²) in [6.07, 6.45) is 6.49. The minimum Gasteiger partial charge on any atom is -0.458 e. The number of carbonyl (C=O) groups is 3. The lowest BCUT2D eigenvalue weighted by Crippen LogP contribution is -2.36. The van der Waals surface area contributed by atoms with Gasteiger partial charge in [-0.15, -0.1) is 0 Å². The number of carbonyl (C=O) groups excluding carboxylic acids is 3. The van der Waals surface area contributed by atoms with Gasteiger partial charge in [-0.3, -0.25) is 28.5 Å². The predicted molar refractivity (Wildman–Crippen MR) is 98.1 cm³/mol. The fourth-order valence-electron chi connectivity index (χ4n) is 3.69. The number of allylic oxidation sites excluding steroid dienone is 2. The van der Waals surface area contributed by atoms with E-state index in [0.717, 1.165) is 10.5 Å². The van der Waals surface area contributed by atoms with Gasteiger partial charge in [0.1, 0.15) is 18.8 Å². The second kappa shape index (κ2) is 7.03. The van der Waals surface area contributed by atoms with Crippen LogP contribution in [0.1, 0.15) is 24.1 Å². The summed E-state index contributed by atoms with van der Waals surface area (Å²) in [4.78, 5) is 54.4. The van der Waals surface area contributed by atoms with Crippen LogP contribution in [0.25, 0.3) is 5.65 Å². The summed E-state index contributed by atoms with van der Waals surface area (Å²) >= 11 is 0. The first-order chi connectivity index (χ1) is 13.4. The monoisotopic (exact) mass is 381 g/mol. The third kappa shape index (κ3) is 3.21. The Balaban J connectivity index is 1.42. The molecular weight excluding hydrogens is 362 g/mol. The zero-order chi connectivity index (χ0) is 19.8. The SMILES string of the molecule is Cc1ccc2nc(COC(=O)CN3C(=O)[C@H]4CC=CC[C@@H]4C3=O)cc(=O)n2c1. The van der Waals surface area contributed by atoms with Gasteiger partial charge in [0.05, 0.1) is 17.5 Å². The van der Waals surface area contributed by atoms with Crippen molar-refractivity contribution in [1.29, 1.82) is 0 Å². The molecule has 0 N–H and O–H groups in total. The molecule has 1 fully saturated rings. The van der Waals surface area contributed by atoms with E-state index in [4.69, 9.17) is 4.74 Å². The summed E-state index contributed by atoms with van der Waals surface area (Å²) in [7, 11) is 0. The molecule has 0 saturated carbocycles. The average Bonchev–Trinajstić information content (AvgIpc) is 2.92. The summed E-state index contributed by atoms with van der Waals surface area (Å²) in [6, 6.07) is 4.84. The molecule has 2 amide bonds. The first kappa shape index (κ1) is 18.1. The van der Waals surface area contributed by atoms with E-state index in [2.05, 4.69) is 4.98 Å². The van der Waals surface area contributed by atoms with Gasteiger partial charge in [0, 0.05) is 12.3 Å². The molecule has 0 radical (unpaired) electrons. The second-order valence-electron chi connectivity index (χ2n) is 7.10. The number of fused-ring (bicyclic) bond motifs is 2. The van der Waals surface area contributed by atoms with E-state index in [1.807, 2.05) is 25.1 Å². The van der Waals surface area contributed by atoms with Crippen molar-refractivity contribution in [1.82, 2.24) is 14.3 Å². The highest BCUT2D eigenvalue weighted by atomic mass is 16.5. The van der Waals surface area contributed by atoms with Crippen LogP contribution in [-0.4, -0.2) is 38.6 Å². The maximum absolute atomic E-state index is 12.4. The molecule has 2 atom stereocenters. The number of ether oxygens (including phenoxy) is 1. The molecule has 2 aromatic heterocycles. The number of imide groups is 1. The molecule has 28 heavy (non-hydrogen) atoms. The molecule has 1 aliphatic carbocycles. The number of aryl methyl sites for hydroxylation is 1. The number of esters is 1. The summed E-state index contributed by atoms with van der Waals surface area (Å²) in [5.41, 5.74) is 1.40. The number of rotatable bonds is 4. The highest BCUT2D eigenvalue weighted by molar-refractivity contribution is 6.07. The van der Waals surface area contributed by atoms with E-state index in [1.165, 1.54) is 10.5 Å². The fraction of sp³-hybridized carbons (Fsp3) is 0.350. The molecule has 8 nitrogen and oxygen atoms in total. The number of aromatic nitrogens is 2. The number of hydrogen-bond acceptors (Lipinski definition) is 6. The maximum atomic E-state index is 12.4. The zero-order valence-electron chi connectivity index (χ0n) is 15.3. The molecule has 0 unspecified atom stereocenters. The van der Waals surface area contributed by atoms with E-state index in [1.54, 1.807) is 12.3 Å². The van der Waals surface area contributed by atoms with E-state index < -0.39 is 12.5 Å². The van der Waals surface area contributed by atoms with Crippen molar-refractivity contribution in [3.63, 3.8) is 0 Å². The topological polar surface area (TPSA) is 98.0 Å². The van der Waals surface area contributed by atoms with E-state index in [-0.39, 0.29) is 35.8 Å². The van der Waals surface area contributed by atoms with Gasteiger partial charge in [-0.2, -0.15) is 0 Å². The van der Waals surface area contributed by atoms with Gasteiger partial charge in [-0.25, -0.2) is 4.98 Å². The molecule has 0 spiro atoms. The van der Waals surface area contributed by atoms with Gasteiger partial charge in [0.2, 0.25) is 11.8 Å². The first-order valence-electron chi connectivity index (χ1n) is 9.09. The van der Waals surface area contributed by atoms with Crippen LogP contribution in [0.5, 0.6) is 0 Å². The van der Waals surface area contributed by atoms with Crippen molar-refractivity contribution >= 4 is 23.4 Å². The quantitative estimate of drug-likeness (QED) is 0.445. The Morgan fingerprint density at radius 2 is 1.82 bits per heavy atom. The van der Waals surface area contributed by atoms with Gasteiger partial charge in [-0.05, 0) is 31.4 Å². The standard InChI is InChI=1S/C20H19N3O5/c1-12-6-7-16-21-13(8-17(24)22(16)9-12)11-28-18(25)10-23-19(26)14-4-2-3-5-15(14)20(23)27/h2-3,6-9,14-15H,4-5,10-11H2,1H3/t14-,15-/m0/s1. The van der Waals surface area contributed by atoms with Crippen LogP contribution >= 0.6 is 0 Å².